The molecule has 0 spiro atoms. The topological polar surface area (TPSA) is 40.5 Å². The van der Waals surface area contributed by atoms with Crippen molar-refractivity contribution in [3.05, 3.63) is 35.9 Å². The van der Waals surface area contributed by atoms with Crippen LogP contribution < -0.4 is 0 Å². The van der Waals surface area contributed by atoms with Gasteiger partial charge in [0, 0.05) is 0 Å². The highest BCUT2D eigenvalue weighted by molar-refractivity contribution is 5.11. The predicted molar refractivity (Wildman–Crippen MR) is 56.7 cm³/mol. The molecule has 1 rings (SSSR count). The van der Waals surface area contributed by atoms with Gasteiger partial charge in [-0.2, -0.15) is 0 Å². The van der Waals surface area contributed by atoms with Crippen molar-refractivity contribution in [1.82, 2.24) is 0 Å². The monoisotopic (exact) mass is 184 g/mol. The van der Waals surface area contributed by atoms with Gasteiger partial charge in [-0.25, -0.2) is 0 Å². The molecule has 0 aromatic heterocycles. The van der Waals surface area contributed by atoms with Crippen LogP contribution in [0.3, 0.4) is 0 Å². The Balaban J connectivity index is 0. The molecule has 0 bridgehead atoms. The van der Waals surface area contributed by atoms with Crippen LogP contribution >= 0.6 is 0 Å². The van der Waals surface area contributed by atoms with Gasteiger partial charge in [-0.05, 0) is 6.92 Å². The summed E-state index contributed by atoms with van der Waals surface area (Å²) in [5.74, 6) is 0. The molecular weight excluding hydrogens is 164 g/mol. The van der Waals surface area contributed by atoms with E-state index in [0.717, 1.165) is 0 Å². The van der Waals surface area contributed by atoms with E-state index in [0.29, 0.717) is 0 Å². The van der Waals surface area contributed by atoms with E-state index in [4.69, 9.17) is 10.2 Å². The highest BCUT2D eigenvalue weighted by Gasteiger charge is 1.72. The van der Waals surface area contributed by atoms with Crippen LogP contribution in [0.25, 0.3) is 0 Å². The largest absolute Gasteiger partial charge is 0.394 e. The third-order valence-corrected chi connectivity index (χ3v) is 1.04. The maximum atomic E-state index is 7.62. The summed E-state index contributed by atoms with van der Waals surface area (Å²) in [6, 6.07) is 10.3. The highest BCUT2D eigenvalue weighted by atomic mass is 16.3. The fourth-order valence-electron chi connectivity index (χ4n) is 0.534. The first-order valence-corrected chi connectivity index (χ1v) is 4.54. The maximum Gasteiger partial charge on any atom is 0.0662 e. The van der Waals surface area contributed by atoms with Crippen molar-refractivity contribution in [2.75, 3.05) is 13.2 Å². The van der Waals surface area contributed by atoms with Gasteiger partial charge in [0.15, 0.2) is 0 Å². The summed E-state index contributed by atoms with van der Waals surface area (Å²) >= 11 is 0. The molecule has 0 fully saturated rings. The van der Waals surface area contributed by atoms with Gasteiger partial charge in [0.05, 0.1) is 13.2 Å². The SMILES string of the molecule is CC.Cc1ccccc1.OCCO. The van der Waals surface area contributed by atoms with Crippen molar-refractivity contribution in [2.45, 2.75) is 20.8 Å². The maximum absolute atomic E-state index is 7.62. The average Bonchev–Trinajstić information content (AvgIpc) is 2.22. The van der Waals surface area contributed by atoms with Gasteiger partial charge >= 0.3 is 0 Å². The Hall–Kier alpha value is -0.860. The molecule has 1 aromatic rings. The molecule has 0 heterocycles. The molecule has 0 atom stereocenters. The second kappa shape index (κ2) is 13.7. The Kier molecular flexibility index (Phi) is 15.5. The van der Waals surface area contributed by atoms with Gasteiger partial charge in [-0.3, -0.25) is 0 Å². The third-order valence-electron chi connectivity index (χ3n) is 1.04. The molecule has 0 aliphatic rings. The fraction of sp³-hybridized carbons (Fsp3) is 0.455. The zero-order valence-electron chi connectivity index (χ0n) is 8.70. The molecule has 0 radical (unpaired) electrons. The van der Waals surface area contributed by atoms with Crippen LogP contribution in [0.1, 0.15) is 19.4 Å². The van der Waals surface area contributed by atoms with Crippen molar-refractivity contribution in [3.63, 3.8) is 0 Å². The van der Waals surface area contributed by atoms with Crippen molar-refractivity contribution in [3.8, 4) is 0 Å². The predicted octanol–water partition coefficient (Wildman–Crippen LogP) is 1.99. The van der Waals surface area contributed by atoms with Gasteiger partial charge in [-0.15, -0.1) is 0 Å². The summed E-state index contributed by atoms with van der Waals surface area (Å²) in [5, 5.41) is 15.2. The molecule has 0 saturated heterocycles. The first kappa shape index (κ1) is 14.7. The molecule has 0 saturated carbocycles. The van der Waals surface area contributed by atoms with Gasteiger partial charge in [-0.1, -0.05) is 49.7 Å². The number of aliphatic hydroxyl groups excluding tert-OH is 2. The summed E-state index contributed by atoms with van der Waals surface area (Å²) in [5.41, 5.74) is 1.32. The number of hydrogen-bond donors (Lipinski definition) is 2. The van der Waals surface area contributed by atoms with Crippen molar-refractivity contribution in [1.29, 1.82) is 0 Å². The number of benzene rings is 1. The highest BCUT2D eigenvalue weighted by Crippen LogP contribution is 1.92. The van der Waals surface area contributed by atoms with Crippen LogP contribution in [0, 0.1) is 6.92 Å². The standard InChI is InChI=1S/C7H8.C2H6O2.C2H6/c1-7-5-3-2-4-6-7;3-1-2-4;1-2/h2-6H,1H3;3-4H,1-2H2;1-2H3. The zero-order chi connectivity index (χ0) is 10.5. The molecular formula is C11H20O2. The van der Waals surface area contributed by atoms with Gasteiger partial charge < -0.3 is 10.2 Å². The normalized spacial score (nSPS) is 7.46. The lowest BCUT2D eigenvalue weighted by Gasteiger charge is -1.82. The molecule has 2 heteroatoms. The minimum Gasteiger partial charge on any atom is -0.394 e. The van der Waals surface area contributed by atoms with Crippen LogP contribution in [-0.4, -0.2) is 23.4 Å². The van der Waals surface area contributed by atoms with Crippen molar-refractivity contribution < 1.29 is 10.2 Å². The van der Waals surface area contributed by atoms with Crippen LogP contribution in [0.5, 0.6) is 0 Å². The lowest BCUT2D eigenvalue weighted by molar-refractivity contribution is 0.186. The van der Waals surface area contributed by atoms with Gasteiger partial charge in [0.25, 0.3) is 0 Å². The summed E-state index contributed by atoms with van der Waals surface area (Å²) < 4.78 is 0. The zero-order valence-corrected chi connectivity index (χ0v) is 8.70. The van der Waals surface area contributed by atoms with E-state index in [1.807, 2.05) is 32.0 Å². The Morgan fingerprint density at radius 3 is 1.46 bits per heavy atom. The molecule has 2 N–H and O–H groups in total. The smallest absolute Gasteiger partial charge is 0.0662 e. The quantitative estimate of drug-likeness (QED) is 0.700. The first-order chi connectivity index (χ1) is 6.31. The second-order valence-corrected chi connectivity index (χ2v) is 2.10. The molecule has 0 aliphatic heterocycles. The minimum atomic E-state index is -0.125. The number of hydrogen-bond acceptors (Lipinski definition) is 2. The van der Waals surface area contributed by atoms with E-state index in [1.165, 1.54) is 5.56 Å². The molecule has 2 nitrogen and oxygen atoms in total. The van der Waals surface area contributed by atoms with E-state index in [9.17, 15) is 0 Å². The molecule has 0 aliphatic carbocycles. The van der Waals surface area contributed by atoms with Crippen LogP contribution in [0.4, 0.5) is 0 Å². The number of aliphatic hydroxyl groups is 2. The Labute approximate surface area is 80.9 Å². The Morgan fingerprint density at radius 2 is 1.31 bits per heavy atom. The summed E-state index contributed by atoms with van der Waals surface area (Å²) in [4.78, 5) is 0. The summed E-state index contributed by atoms with van der Waals surface area (Å²) in [6.07, 6.45) is 0. The molecule has 0 unspecified atom stereocenters. The third kappa shape index (κ3) is 14.0. The van der Waals surface area contributed by atoms with Crippen molar-refractivity contribution in [2.24, 2.45) is 0 Å². The van der Waals surface area contributed by atoms with E-state index in [2.05, 4.69) is 19.1 Å². The Morgan fingerprint density at radius 1 is 0.923 bits per heavy atom. The molecule has 0 amide bonds. The molecule has 1 aromatic carbocycles. The molecule has 13 heavy (non-hydrogen) atoms. The van der Waals surface area contributed by atoms with E-state index < -0.39 is 0 Å². The number of rotatable bonds is 1. The van der Waals surface area contributed by atoms with Crippen LogP contribution in [0.2, 0.25) is 0 Å². The van der Waals surface area contributed by atoms with Crippen molar-refractivity contribution >= 4 is 0 Å². The first-order valence-electron chi connectivity index (χ1n) is 4.54. The van der Waals surface area contributed by atoms with Gasteiger partial charge in [0.2, 0.25) is 0 Å². The van der Waals surface area contributed by atoms with Crippen LogP contribution in [-0.2, 0) is 0 Å². The van der Waals surface area contributed by atoms with E-state index >= 15 is 0 Å². The summed E-state index contributed by atoms with van der Waals surface area (Å²) in [6.45, 7) is 5.83. The lowest BCUT2D eigenvalue weighted by atomic mass is 10.2. The van der Waals surface area contributed by atoms with Gasteiger partial charge in [0.1, 0.15) is 0 Å². The summed E-state index contributed by atoms with van der Waals surface area (Å²) in [7, 11) is 0. The second-order valence-electron chi connectivity index (χ2n) is 2.10. The Bertz CT molecular complexity index is 159. The fourth-order valence-corrected chi connectivity index (χ4v) is 0.534. The minimum absolute atomic E-state index is 0.125. The van der Waals surface area contributed by atoms with Crippen LogP contribution in [0.15, 0.2) is 30.3 Å². The lowest BCUT2D eigenvalue weighted by Crippen LogP contribution is -1.85. The molecule has 76 valence electrons. The van der Waals surface area contributed by atoms with E-state index in [1.54, 1.807) is 0 Å². The number of aryl methyl sites for hydroxylation is 1. The van der Waals surface area contributed by atoms with E-state index in [-0.39, 0.29) is 13.2 Å². The average molecular weight is 184 g/mol.